The van der Waals surface area contributed by atoms with E-state index in [2.05, 4.69) is 44.8 Å². The molecule has 0 saturated carbocycles. The summed E-state index contributed by atoms with van der Waals surface area (Å²) in [6.45, 7) is 3.24. The van der Waals surface area contributed by atoms with Gasteiger partial charge in [-0.2, -0.15) is 11.3 Å². The maximum Gasteiger partial charge on any atom is 0.110 e. The van der Waals surface area contributed by atoms with Crippen LogP contribution in [0.5, 0.6) is 0 Å². The van der Waals surface area contributed by atoms with Crippen molar-refractivity contribution in [2.24, 2.45) is 0 Å². The van der Waals surface area contributed by atoms with Crippen LogP contribution in [0.4, 0.5) is 0 Å². The lowest BCUT2D eigenvalue weighted by molar-refractivity contribution is 0.544. The van der Waals surface area contributed by atoms with E-state index in [9.17, 15) is 0 Å². The average Bonchev–Trinajstić information content (AvgIpc) is 2.97. The molecule has 0 amide bonds. The lowest BCUT2D eigenvalue weighted by Crippen LogP contribution is -2.20. The van der Waals surface area contributed by atoms with E-state index in [1.54, 1.807) is 11.3 Å². The lowest BCUT2D eigenvalue weighted by Gasteiger charge is -2.15. The normalized spacial score (nSPS) is 12.8. The van der Waals surface area contributed by atoms with Gasteiger partial charge in [-0.3, -0.25) is 0 Å². The van der Waals surface area contributed by atoms with Crippen LogP contribution in [-0.4, -0.2) is 16.6 Å². The Bertz CT molecular complexity index is 433. The second-order valence-corrected chi connectivity index (χ2v) is 4.92. The van der Waals surface area contributed by atoms with E-state index in [4.69, 9.17) is 0 Å². The third-order valence-corrected chi connectivity index (χ3v) is 3.65. The molecule has 2 aromatic rings. The first-order chi connectivity index (χ1) is 8.35. The summed E-state index contributed by atoms with van der Waals surface area (Å²) >= 11 is 1.74. The van der Waals surface area contributed by atoms with Gasteiger partial charge in [-0.1, -0.05) is 6.92 Å². The van der Waals surface area contributed by atoms with E-state index in [1.165, 1.54) is 5.56 Å². The predicted octanol–water partition coefficient (Wildman–Crippen LogP) is 2.86. The fraction of sp³-hybridized carbons (Fsp3) is 0.462. The van der Waals surface area contributed by atoms with Gasteiger partial charge in [-0.15, -0.1) is 0 Å². The second-order valence-electron chi connectivity index (χ2n) is 4.14. The van der Waals surface area contributed by atoms with Crippen LogP contribution in [0, 0.1) is 0 Å². The third kappa shape index (κ3) is 2.96. The molecule has 0 saturated heterocycles. The highest BCUT2D eigenvalue weighted by Crippen LogP contribution is 2.19. The van der Waals surface area contributed by atoms with Gasteiger partial charge >= 0.3 is 0 Å². The first kappa shape index (κ1) is 12.3. The highest BCUT2D eigenvalue weighted by atomic mass is 32.1. The van der Waals surface area contributed by atoms with Crippen LogP contribution in [0.3, 0.4) is 0 Å². The van der Waals surface area contributed by atoms with E-state index in [-0.39, 0.29) is 0 Å². The van der Waals surface area contributed by atoms with Gasteiger partial charge in [0.15, 0.2) is 0 Å². The Hall–Kier alpha value is -1.13. The Labute approximate surface area is 107 Å². The zero-order chi connectivity index (χ0) is 12.1. The van der Waals surface area contributed by atoms with Crippen molar-refractivity contribution in [3.8, 4) is 0 Å². The Morgan fingerprint density at radius 1 is 1.53 bits per heavy atom. The second kappa shape index (κ2) is 5.98. The van der Waals surface area contributed by atoms with Crippen molar-refractivity contribution in [2.75, 3.05) is 7.05 Å². The largest absolute Gasteiger partial charge is 0.335 e. The fourth-order valence-electron chi connectivity index (χ4n) is 2.02. The molecule has 1 atom stereocenters. The molecule has 92 valence electrons. The van der Waals surface area contributed by atoms with Crippen molar-refractivity contribution in [3.63, 3.8) is 0 Å². The van der Waals surface area contributed by atoms with Crippen LogP contribution < -0.4 is 5.32 Å². The molecule has 0 aliphatic carbocycles. The molecule has 0 radical (unpaired) electrons. The molecule has 2 heterocycles. The summed E-state index contributed by atoms with van der Waals surface area (Å²) in [7, 11) is 2.01. The van der Waals surface area contributed by atoms with Crippen molar-refractivity contribution < 1.29 is 0 Å². The van der Waals surface area contributed by atoms with E-state index >= 15 is 0 Å². The highest BCUT2D eigenvalue weighted by Gasteiger charge is 2.13. The minimum Gasteiger partial charge on any atom is -0.335 e. The number of imidazole rings is 1. The molecule has 0 aliphatic heterocycles. The zero-order valence-electron chi connectivity index (χ0n) is 10.4. The van der Waals surface area contributed by atoms with Crippen molar-refractivity contribution in [2.45, 2.75) is 32.4 Å². The Kier molecular flexibility index (Phi) is 4.34. The van der Waals surface area contributed by atoms with Gasteiger partial charge in [0.1, 0.15) is 5.82 Å². The van der Waals surface area contributed by atoms with Gasteiger partial charge < -0.3 is 9.88 Å². The minimum atomic E-state index is 0.360. The Morgan fingerprint density at radius 3 is 3.06 bits per heavy atom. The number of aromatic nitrogens is 2. The van der Waals surface area contributed by atoms with Gasteiger partial charge in [-0.05, 0) is 35.9 Å². The molecule has 0 spiro atoms. The van der Waals surface area contributed by atoms with Gasteiger partial charge in [-0.25, -0.2) is 4.98 Å². The van der Waals surface area contributed by atoms with Crippen LogP contribution >= 0.6 is 11.3 Å². The summed E-state index contributed by atoms with van der Waals surface area (Å²) < 4.78 is 2.25. The minimum absolute atomic E-state index is 0.360. The molecule has 0 aliphatic rings. The van der Waals surface area contributed by atoms with Crippen molar-refractivity contribution in [1.29, 1.82) is 0 Å². The van der Waals surface area contributed by atoms with Gasteiger partial charge in [0.05, 0.1) is 0 Å². The monoisotopic (exact) mass is 249 g/mol. The number of nitrogens with one attached hydrogen (secondary N) is 1. The number of rotatable bonds is 6. The summed E-state index contributed by atoms with van der Waals surface area (Å²) in [5.41, 5.74) is 1.35. The van der Waals surface area contributed by atoms with Crippen LogP contribution in [0.1, 0.15) is 30.8 Å². The molecule has 17 heavy (non-hydrogen) atoms. The summed E-state index contributed by atoms with van der Waals surface area (Å²) in [5, 5.41) is 7.69. The molecular weight excluding hydrogens is 230 g/mol. The first-order valence-corrected chi connectivity index (χ1v) is 6.98. The SMILES string of the molecule is CCCn1ccnc1CC(NC)c1ccsc1. The van der Waals surface area contributed by atoms with Gasteiger partial charge in [0, 0.05) is 31.4 Å². The molecule has 0 fully saturated rings. The highest BCUT2D eigenvalue weighted by molar-refractivity contribution is 7.07. The summed E-state index contributed by atoms with van der Waals surface area (Å²) in [4.78, 5) is 4.46. The number of likely N-dealkylation sites (N-methyl/N-ethyl adjacent to an activating group) is 1. The van der Waals surface area contributed by atoms with Gasteiger partial charge in [0.25, 0.3) is 0 Å². The van der Waals surface area contributed by atoms with E-state index < -0.39 is 0 Å². The zero-order valence-corrected chi connectivity index (χ0v) is 11.2. The van der Waals surface area contributed by atoms with Crippen molar-refractivity contribution >= 4 is 11.3 Å². The predicted molar refractivity (Wildman–Crippen MR) is 72.3 cm³/mol. The maximum absolute atomic E-state index is 4.46. The molecule has 2 aromatic heterocycles. The molecule has 2 rings (SSSR count). The number of aryl methyl sites for hydroxylation is 1. The number of hydrogen-bond donors (Lipinski definition) is 1. The lowest BCUT2D eigenvalue weighted by atomic mass is 10.1. The summed E-state index contributed by atoms with van der Waals surface area (Å²) in [6.07, 6.45) is 6.05. The smallest absolute Gasteiger partial charge is 0.110 e. The average molecular weight is 249 g/mol. The molecule has 4 heteroatoms. The molecule has 1 N–H and O–H groups in total. The molecular formula is C13H19N3S. The molecule has 0 aromatic carbocycles. The number of thiophene rings is 1. The molecule has 3 nitrogen and oxygen atoms in total. The van der Waals surface area contributed by atoms with Gasteiger partial charge in [0.2, 0.25) is 0 Å². The third-order valence-electron chi connectivity index (χ3n) is 2.95. The van der Waals surface area contributed by atoms with Crippen molar-refractivity contribution in [3.05, 3.63) is 40.6 Å². The number of nitrogens with zero attached hydrogens (tertiary/aromatic N) is 2. The maximum atomic E-state index is 4.46. The fourth-order valence-corrected chi connectivity index (χ4v) is 2.73. The molecule has 0 bridgehead atoms. The van der Waals surface area contributed by atoms with Crippen molar-refractivity contribution in [1.82, 2.24) is 14.9 Å². The topological polar surface area (TPSA) is 29.9 Å². The van der Waals surface area contributed by atoms with Crippen LogP contribution in [0.2, 0.25) is 0 Å². The quantitative estimate of drug-likeness (QED) is 0.853. The summed E-state index contributed by atoms with van der Waals surface area (Å²) in [5.74, 6) is 1.16. The van der Waals surface area contributed by atoms with Crippen LogP contribution in [0.15, 0.2) is 29.2 Å². The Morgan fingerprint density at radius 2 is 2.41 bits per heavy atom. The first-order valence-electron chi connectivity index (χ1n) is 6.04. The molecule has 1 unspecified atom stereocenters. The number of hydrogen-bond acceptors (Lipinski definition) is 3. The summed E-state index contributed by atoms with van der Waals surface area (Å²) in [6, 6.07) is 2.54. The van der Waals surface area contributed by atoms with E-state index in [0.29, 0.717) is 6.04 Å². The van der Waals surface area contributed by atoms with Crippen LogP contribution in [-0.2, 0) is 13.0 Å². The standard InChI is InChI=1S/C13H19N3S/c1-3-6-16-7-5-15-13(16)9-12(14-2)11-4-8-17-10-11/h4-5,7-8,10,12,14H,3,6,9H2,1-2H3. The Balaban J connectivity index is 2.10. The van der Waals surface area contributed by atoms with E-state index in [0.717, 1.165) is 25.2 Å². The van der Waals surface area contributed by atoms with E-state index in [1.807, 2.05) is 13.2 Å². The van der Waals surface area contributed by atoms with Crippen LogP contribution in [0.25, 0.3) is 0 Å².